The molecule has 6 nitrogen and oxygen atoms in total. The number of likely N-dealkylation sites (N-methyl/N-ethyl adjacent to an activating group) is 1. The van der Waals surface area contributed by atoms with Gasteiger partial charge in [0.05, 0.1) is 31.9 Å². The number of hydrogen-bond acceptors (Lipinski definition) is 3. The van der Waals surface area contributed by atoms with Gasteiger partial charge < -0.3 is 9.80 Å². The molecule has 1 heterocycles. The average molecular weight is 417 g/mol. The van der Waals surface area contributed by atoms with Crippen LogP contribution < -0.4 is 4.90 Å². The summed E-state index contributed by atoms with van der Waals surface area (Å²) in [6.45, 7) is 4.69. The maximum Gasteiger partial charge on any atom is 0.280 e. The monoisotopic (exact) mass is 416 g/mol. The Morgan fingerprint density at radius 1 is 1.00 bits per heavy atom. The van der Waals surface area contributed by atoms with Crippen molar-refractivity contribution in [3.8, 4) is 0 Å². The van der Waals surface area contributed by atoms with E-state index in [9.17, 15) is 13.2 Å². The summed E-state index contributed by atoms with van der Waals surface area (Å²) in [4.78, 5) is 15.7. The van der Waals surface area contributed by atoms with Gasteiger partial charge in [0.2, 0.25) is 10.0 Å². The fourth-order valence-electron chi connectivity index (χ4n) is 3.80. The molecule has 7 heteroatoms. The summed E-state index contributed by atoms with van der Waals surface area (Å²) >= 11 is 0. The molecule has 2 aromatic rings. The first-order valence-corrected chi connectivity index (χ1v) is 11.6. The van der Waals surface area contributed by atoms with Crippen molar-refractivity contribution in [2.24, 2.45) is 0 Å². The van der Waals surface area contributed by atoms with E-state index in [-0.39, 0.29) is 17.7 Å². The normalized spacial score (nSPS) is 17.0. The van der Waals surface area contributed by atoms with Crippen LogP contribution in [0, 0.1) is 0 Å². The van der Waals surface area contributed by atoms with Crippen molar-refractivity contribution in [2.75, 3.05) is 33.2 Å². The lowest BCUT2D eigenvalue weighted by Gasteiger charge is -2.35. The number of rotatable bonds is 7. The van der Waals surface area contributed by atoms with Gasteiger partial charge in [0, 0.05) is 13.6 Å². The molecule has 1 aliphatic rings. The molecule has 1 fully saturated rings. The molecular formula is C22H30N3O3S+. The molecule has 0 unspecified atom stereocenters. The molecule has 1 atom stereocenters. The lowest BCUT2D eigenvalue weighted by atomic mass is 10.2. The van der Waals surface area contributed by atoms with E-state index >= 15 is 0 Å². The number of carbonyl (C=O) groups is 1. The van der Waals surface area contributed by atoms with Gasteiger partial charge in [-0.25, -0.2) is 8.42 Å². The van der Waals surface area contributed by atoms with Gasteiger partial charge in [-0.1, -0.05) is 60.7 Å². The molecule has 2 aromatic carbocycles. The Labute approximate surface area is 173 Å². The number of piperazine rings is 1. The second kappa shape index (κ2) is 9.52. The number of quaternary nitrogens is 1. The number of benzene rings is 2. The van der Waals surface area contributed by atoms with Crippen LogP contribution in [0.25, 0.3) is 0 Å². The highest BCUT2D eigenvalue weighted by atomic mass is 32.2. The third-order valence-electron chi connectivity index (χ3n) is 5.57. The topological polar surface area (TPSA) is 62.1 Å². The molecule has 0 aliphatic carbocycles. The maximum atomic E-state index is 12.8. The van der Waals surface area contributed by atoms with Crippen LogP contribution in [0.15, 0.2) is 60.7 Å². The number of nitrogens with zero attached hydrogens (tertiary/aromatic N) is 2. The predicted molar refractivity (Wildman–Crippen MR) is 114 cm³/mol. The molecule has 0 saturated carbocycles. The summed E-state index contributed by atoms with van der Waals surface area (Å²) in [5, 5.41) is 0. The largest absolute Gasteiger partial charge is 0.336 e. The van der Waals surface area contributed by atoms with Gasteiger partial charge >= 0.3 is 0 Å². The average Bonchev–Trinajstić information content (AvgIpc) is 2.74. The number of nitrogens with one attached hydrogen (secondary N) is 1. The van der Waals surface area contributed by atoms with Gasteiger partial charge in [-0.05, 0) is 18.1 Å². The molecule has 156 valence electrons. The fraction of sp³-hybridized carbons (Fsp3) is 0.409. The van der Waals surface area contributed by atoms with E-state index in [0.717, 1.165) is 16.0 Å². The summed E-state index contributed by atoms with van der Waals surface area (Å²) in [6, 6.07) is 19.0. The molecule has 0 aromatic heterocycles. The number of carbonyl (C=O) groups excluding carboxylic acids is 1. The lowest BCUT2D eigenvalue weighted by Crippen LogP contribution is -3.19. The Balaban J connectivity index is 1.53. The predicted octanol–water partition coefficient (Wildman–Crippen LogP) is 0.764. The van der Waals surface area contributed by atoms with E-state index < -0.39 is 10.0 Å². The molecule has 0 spiro atoms. The molecule has 29 heavy (non-hydrogen) atoms. The van der Waals surface area contributed by atoms with Gasteiger partial charge in [-0.15, -0.1) is 0 Å². The summed E-state index contributed by atoms with van der Waals surface area (Å²) in [5.41, 5.74) is 1.90. The Kier molecular flexibility index (Phi) is 7.05. The molecule has 3 rings (SSSR count). The van der Waals surface area contributed by atoms with Gasteiger partial charge in [-0.2, -0.15) is 4.31 Å². The van der Waals surface area contributed by atoms with Crippen molar-refractivity contribution in [2.45, 2.75) is 25.3 Å². The molecule has 1 aliphatic heterocycles. The van der Waals surface area contributed by atoms with Gasteiger partial charge in [0.25, 0.3) is 5.91 Å². The summed E-state index contributed by atoms with van der Waals surface area (Å²) in [7, 11) is -1.51. The Bertz CT molecular complexity index is 895. The van der Waals surface area contributed by atoms with Crippen LogP contribution in [-0.4, -0.2) is 62.8 Å². The minimum atomic E-state index is -3.34. The van der Waals surface area contributed by atoms with Crippen molar-refractivity contribution < 1.29 is 18.1 Å². The van der Waals surface area contributed by atoms with E-state index in [1.165, 1.54) is 0 Å². The van der Waals surface area contributed by atoms with Crippen LogP contribution in [0.4, 0.5) is 0 Å². The van der Waals surface area contributed by atoms with Crippen LogP contribution in [0.5, 0.6) is 0 Å². The quantitative estimate of drug-likeness (QED) is 0.725. The van der Waals surface area contributed by atoms with Crippen LogP contribution in [-0.2, 0) is 27.1 Å². The highest BCUT2D eigenvalue weighted by Gasteiger charge is 2.34. The Hall–Kier alpha value is -2.22. The van der Waals surface area contributed by atoms with Crippen LogP contribution in [0.1, 0.15) is 18.1 Å². The zero-order chi connectivity index (χ0) is 20.9. The molecule has 1 saturated heterocycles. The molecule has 1 N–H and O–H groups in total. The van der Waals surface area contributed by atoms with Crippen molar-refractivity contribution >= 4 is 15.9 Å². The summed E-state index contributed by atoms with van der Waals surface area (Å²) < 4.78 is 27.0. The number of sulfonamides is 1. The van der Waals surface area contributed by atoms with E-state index in [4.69, 9.17) is 0 Å². The van der Waals surface area contributed by atoms with E-state index in [2.05, 4.69) is 0 Å². The third-order valence-corrected chi connectivity index (χ3v) is 7.42. The van der Waals surface area contributed by atoms with Crippen LogP contribution in [0.3, 0.4) is 0 Å². The van der Waals surface area contributed by atoms with Gasteiger partial charge in [0.15, 0.2) is 6.04 Å². The Morgan fingerprint density at radius 3 is 2.07 bits per heavy atom. The lowest BCUT2D eigenvalue weighted by molar-refractivity contribution is -0.918. The number of hydrogen-bond donors (Lipinski definition) is 1. The van der Waals surface area contributed by atoms with E-state index in [1.807, 2.05) is 74.6 Å². The second-order valence-corrected chi connectivity index (χ2v) is 9.67. The van der Waals surface area contributed by atoms with E-state index in [1.54, 1.807) is 9.21 Å². The molecule has 1 amide bonds. The number of amides is 1. The highest BCUT2D eigenvalue weighted by Crippen LogP contribution is 2.11. The minimum absolute atomic E-state index is 0.0253. The standard InChI is InChI=1S/C22H29N3O3S/c1-19(22(26)23(2)17-20-9-5-3-6-10-20)24-13-15-25(16-14-24)29(27,28)18-21-11-7-4-8-12-21/h3-12,19H,13-18H2,1-2H3/p+1/t19-/m0/s1. The van der Waals surface area contributed by atoms with Gasteiger partial charge in [0.1, 0.15) is 0 Å². The van der Waals surface area contributed by atoms with Crippen molar-refractivity contribution in [3.63, 3.8) is 0 Å². The zero-order valence-corrected chi connectivity index (χ0v) is 17.9. The summed E-state index contributed by atoms with van der Waals surface area (Å²) in [6.07, 6.45) is 0. The molecular weight excluding hydrogens is 386 g/mol. The van der Waals surface area contributed by atoms with E-state index in [0.29, 0.717) is 32.7 Å². The smallest absolute Gasteiger partial charge is 0.280 e. The fourth-order valence-corrected chi connectivity index (χ4v) is 5.34. The SMILES string of the molecule is C[C@@H](C(=O)N(C)Cc1ccccc1)[NH+]1CCN(S(=O)(=O)Cc2ccccc2)CC1. The first kappa shape index (κ1) is 21.5. The summed E-state index contributed by atoms with van der Waals surface area (Å²) in [5.74, 6) is 0.113. The second-order valence-electron chi connectivity index (χ2n) is 7.70. The minimum Gasteiger partial charge on any atom is -0.336 e. The molecule has 0 radical (unpaired) electrons. The van der Waals surface area contributed by atoms with Crippen molar-refractivity contribution in [1.29, 1.82) is 0 Å². The zero-order valence-electron chi connectivity index (χ0n) is 17.1. The maximum absolute atomic E-state index is 12.8. The first-order valence-electron chi connectivity index (χ1n) is 10.0. The van der Waals surface area contributed by atoms with Crippen molar-refractivity contribution in [3.05, 3.63) is 71.8 Å². The highest BCUT2D eigenvalue weighted by molar-refractivity contribution is 7.88. The van der Waals surface area contributed by atoms with Crippen LogP contribution in [0.2, 0.25) is 0 Å². The third kappa shape index (κ3) is 5.65. The van der Waals surface area contributed by atoms with Crippen molar-refractivity contribution in [1.82, 2.24) is 9.21 Å². The van der Waals surface area contributed by atoms with Gasteiger partial charge in [-0.3, -0.25) is 4.79 Å². The Morgan fingerprint density at radius 2 is 1.52 bits per heavy atom. The first-order chi connectivity index (χ1) is 13.9. The van der Waals surface area contributed by atoms with Crippen LogP contribution >= 0.6 is 0 Å². The molecule has 0 bridgehead atoms.